The number of benzene rings is 2. The van der Waals surface area contributed by atoms with Crippen molar-refractivity contribution in [3.63, 3.8) is 0 Å². The molecule has 2 atom stereocenters. The molecule has 0 bridgehead atoms. The number of aliphatic hydroxyl groups excluding tert-OH is 1. The quantitative estimate of drug-likeness (QED) is 0.741. The number of aliphatic hydroxyl groups is 1. The Hall–Kier alpha value is -1.84. The Morgan fingerprint density at radius 1 is 0.923 bits per heavy atom. The number of hydrogen-bond acceptors (Lipinski definition) is 3. The Balaban J connectivity index is 1.76. The van der Waals surface area contributed by atoms with Crippen LogP contribution in [-0.4, -0.2) is 36.2 Å². The molecule has 2 unspecified atom stereocenters. The van der Waals surface area contributed by atoms with Crippen LogP contribution in [0, 0.1) is 0 Å². The van der Waals surface area contributed by atoms with E-state index in [2.05, 4.69) is 36.1 Å². The molecule has 0 radical (unpaired) electrons. The van der Waals surface area contributed by atoms with Crippen LogP contribution in [0.15, 0.2) is 54.6 Å². The molecule has 0 spiro atoms. The smallest absolute Gasteiger partial charge is 0.119 e. The maximum absolute atomic E-state index is 11.2. The predicted molar refractivity (Wildman–Crippen MR) is 107 cm³/mol. The van der Waals surface area contributed by atoms with Gasteiger partial charge in [-0.3, -0.25) is 0 Å². The fourth-order valence-corrected chi connectivity index (χ4v) is 3.72. The maximum Gasteiger partial charge on any atom is 0.119 e. The average molecular weight is 354 g/mol. The minimum absolute atomic E-state index is 0.0803. The summed E-state index contributed by atoms with van der Waals surface area (Å²) >= 11 is 0. The first kappa shape index (κ1) is 18.9. The van der Waals surface area contributed by atoms with Crippen LogP contribution in [0.5, 0.6) is 5.75 Å². The highest BCUT2D eigenvalue weighted by Crippen LogP contribution is 2.33. The number of nitrogens with zero attached hydrogens (tertiary/aromatic N) is 1. The molecule has 3 heteroatoms. The molecule has 3 rings (SSSR count). The highest BCUT2D eigenvalue weighted by molar-refractivity contribution is 5.32. The van der Waals surface area contributed by atoms with E-state index in [1.165, 1.54) is 24.8 Å². The molecule has 0 saturated carbocycles. The zero-order valence-electron chi connectivity index (χ0n) is 15.8. The first-order chi connectivity index (χ1) is 12.8. The number of rotatable bonds is 8. The lowest BCUT2D eigenvalue weighted by atomic mass is 9.88. The average Bonchev–Trinajstić information content (AvgIpc) is 2.72. The summed E-state index contributed by atoms with van der Waals surface area (Å²) in [6.45, 7) is 6.01. The molecule has 1 saturated heterocycles. The molecule has 1 aliphatic rings. The van der Waals surface area contributed by atoms with E-state index in [1.54, 1.807) is 0 Å². The van der Waals surface area contributed by atoms with Crippen LogP contribution < -0.4 is 4.74 Å². The van der Waals surface area contributed by atoms with Gasteiger partial charge in [-0.2, -0.15) is 0 Å². The van der Waals surface area contributed by atoms with Crippen LogP contribution in [0.4, 0.5) is 0 Å². The van der Waals surface area contributed by atoms with Crippen molar-refractivity contribution in [2.24, 2.45) is 0 Å². The van der Waals surface area contributed by atoms with Gasteiger partial charge in [-0.15, -0.1) is 0 Å². The largest absolute Gasteiger partial charge is 0.494 e. The summed E-state index contributed by atoms with van der Waals surface area (Å²) in [7, 11) is 0. The third-order valence-electron chi connectivity index (χ3n) is 5.21. The van der Waals surface area contributed by atoms with Crippen LogP contribution >= 0.6 is 0 Å². The molecule has 0 aromatic heterocycles. The van der Waals surface area contributed by atoms with Gasteiger partial charge < -0.3 is 14.7 Å². The molecule has 2 aromatic carbocycles. The van der Waals surface area contributed by atoms with E-state index in [4.69, 9.17) is 4.74 Å². The Labute approximate surface area is 157 Å². The van der Waals surface area contributed by atoms with Gasteiger partial charge in [0.1, 0.15) is 5.75 Å². The van der Waals surface area contributed by atoms with Gasteiger partial charge in [0.25, 0.3) is 0 Å². The third-order valence-corrected chi connectivity index (χ3v) is 5.21. The molecular formula is C23H31NO2. The SMILES string of the molecule is CCCOc1ccc(C(O)C(CN2CCCCC2)c2ccccc2)cc1. The van der Waals surface area contributed by atoms with Crippen LogP contribution in [0.1, 0.15) is 55.8 Å². The van der Waals surface area contributed by atoms with Crippen molar-refractivity contribution in [3.8, 4) is 5.75 Å². The predicted octanol–water partition coefficient (Wildman–Crippen LogP) is 4.78. The number of ether oxygens (including phenoxy) is 1. The molecule has 0 amide bonds. The molecule has 1 fully saturated rings. The van der Waals surface area contributed by atoms with Gasteiger partial charge in [0.2, 0.25) is 0 Å². The topological polar surface area (TPSA) is 32.7 Å². The van der Waals surface area contributed by atoms with Crippen molar-refractivity contribution in [2.45, 2.75) is 44.6 Å². The lowest BCUT2D eigenvalue weighted by Gasteiger charge is -2.33. The summed E-state index contributed by atoms with van der Waals surface area (Å²) in [5.74, 6) is 0.951. The number of hydrogen-bond donors (Lipinski definition) is 1. The van der Waals surface area contributed by atoms with Crippen LogP contribution in [0.2, 0.25) is 0 Å². The van der Waals surface area contributed by atoms with Crippen molar-refractivity contribution in [1.29, 1.82) is 0 Å². The molecule has 3 nitrogen and oxygen atoms in total. The number of piperidine rings is 1. The molecule has 1 N–H and O–H groups in total. The zero-order valence-corrected chi connectivity index (χ0v) is 15.8. The van der Waals surface area contributed by atoms with Gasteiger partial charge in [-0.05, 0) is 55.6 Å². The minimum atomic E-state index is -0.514. The van der Waals surface area contributed by atoms with Gasteiger partial charge >= 0.3 is 0 Å². The summed E-state index contributed by atoms with van der Waals surface area (Å²) in [4.78, 5) is 2.50. The van der Waals surface area contributed by atoms with E-state index in [0.717, 1.165) is 44.0 Å². The fourth-order valence-electron chi connectivity index (χ4n) is 3.72. The third kappa shape index (κ3) is 5.09. The Kier molecular flexibility index (Phi) is 7.10. The van der Waals surface area contributed by atoms with E-state index in [1.807, 2.05) is 30.3 Å². The Morgan fingerprint density at radius 3 is 2.27 bits per heavy atom. The van der Waals surface area contributed by atoms with Gasteiger partial charge in [-0.1, -0.05) is 55.8 Å². The summed E-state index contributed by atoms with van der Waals surface area (Å²) < 4.78 is 5.67. The fraction of sp³-hybridized carbons (Fsp3) is 0.478. The minimum Gasteiger partial charge on any atom is -0.494 e. The molecule has 0 aliphatic carbocycles. The normalized spacial score (nSPS) is 17.6. The van der Waals surface area contributed by atoms with Gasteiger partial charge in [0, 0.05) is 12.5 Å². The van der Waals surface area contributed by atoms with Crippen LogP contribution in [0.3, 0.4) is 0 Å². The lowest BCUT2D eigenvalue weighted by Crippen LogP contribution is -2.35. The summed E-state index contributed by atoms with van der Waals surface area (Å²) in [6.07, 6.45) is 4.34. The molecule has 140 valence electrons. The van der Waals surface area contributed by atoms with Crippen LogP contribution in [0.25, 0.3) is 0 Å². The second-order valence-corrected chi connectivity index (χ2v) is 7.24. The van der Waals surface area contributed by atoms with E-state index in [9.17, 15) is 5.11 Å². The maximum atomic E-state index is 11.2. The van der Waals surface area contributed by atoms with Gasteiger partial charge in [0.15, 0.2) is 0 Å². The molecule has 26 heavy (non-hydrogen) atoms. The van der Waals surface area contributed by atoms with Gasteiger partial charge in [-0.25, -0.2) is 0 Å². The van der Waals surface area contributed by atoms with E-state index in [-0.39, 0.29) is 5.92 Å². The summed E-state index contributed by atoms with van der Waals surface area (Å²) in [5.41, 5.74) is 2.16. The van der Waals surface area contributed by atoms with E-state index < -0.39 is 6.10 Å². The Morgan fingerprint density at radius 2 is 1.62 bits per heavy atom. The lowest BCUT2D eigenvalue weighted by molar-refractivity contribution is 0.109. The van der Waals surface area contributed by atoms with Crippen LogP contribution in [-0.2, 0) is 0 Å². The second-order valence-electron chi connectivity index (χ2n) is 7.24. The van der Waals surface area contributed by atoms with Crippen molar-refractivity contribution in [2.75, 3.05) is 26.2 Å². The first-order valence-electron chi connectivity index (χ1n) is 9.96. The molecule has 1 heterocycles. The van der Waals surface area contributed by atoms with Crippen molar-refractivity contribution < 1.29 is 9.84 Å². The highest BCUT2D eigenvalue weighted by Gasteiger charge is 2.26. The monoisotopic (exact) mass is 353 g/mol. The summed E-state index contributed by atoms with van der Waals surface area (Å²) in [5, 5.41) is 11.2. The standard InChI is InChI=1S/C23H31NO2/c1-2-17-26-21-13-11-20(12-14-21)23(25)22(19-9-5-3-6-10-19)18-24-15-7-4-8-16-24/h3,5-6,9-14,22-23,25H,2,4,7-8,15-18H2,1H3. The van der Waals surface area contributed by atoms with Crippen molar-refractivity contribution in [1.82, 2.24) is 4.90 Å². The second kappa shape index (κ2) is 9.75. The van der Waals surface area contributed by atoms with E-state index >= 15 is 0 Å². The van der Waals surface area contributed by atoms with Crippen molar-refractivity contribution in [3.05, 3.63) is 65.7 Å². The van der Waals surface area contributed by atoms with E-state index in [0.29, 0.717) is 0 Å². The molecule has 2 aromatic rings. The first-order valence-corrected chi connectivity index (χ1v) is 9.96. The molecular weight excluding hydrogens is 322 g/mol. The molecule has 1 aliphatic heterocycles. The Bertz CT molecular complexity index is 635. The number of likely N-dealkylation sites (tertiary alicyclic amines) is 1. The highest BCUT2D eigenvalue weighted by atomic mass is 16.5. The summed E-state index contributed by atoms with van der Waals surface area (Å²) in [6, 6.07) is 18.4. The van der Waals surface area contributed by atoms with Crippen molar-refractivity contribution >= 4 is 0 Å². The zero-order chi connectivity index (χ0) is 18.2. The van der Waals surface area contributed by atoms with Gasteiger partial charge in [0.05, 0.1) is 12.7 Å².